The molecule has 0 heterocycles. The average Bonchev–Trinajstić information content (AvgIpc) is 2.47. The highest BCUT2D eigenvalue weighted by atomic mass is 79.9. The third-order valence-corrected chi connectivity index (χ3v) is 4.12. The van der Waals surface area contributed by atoms with Gasteiger partial charge < -0.3 is 9.84 Å². The van der Waals surface area contributed by atoms with Crippen LogP contribution in [0.1, 0.15) is 10.4 Å². The molecule has 0 saturated carbocycles. The molecule has 2 aromatic carbocycles. The van der Waals surface area contributed by atoms with E-state index in [4.69, 9.17) is 9.84 Å². The van der Waals surface area contributed by atoms with Crippen molar-refractivity contribution in [2.24, 2.45) is 0 Å². The smallest absolute Gasteiger partial charge is 0.335 e. The molecule has 0 atom stereocenters. The van der Waals surface area contributed by atoms with Crippen LogP contribution in [0.25, 0.3) is 0 Å². The van der Waals surface area contributed by atoms with Gasteiger partial charge >= 0.3 is 5.97 Å². The average molecular weight is 371 g/mol. The topological polar surface area (TPSA) is 46.5 Å². The lowest BCUT2D eigenvalue weighted by atomic mass is 10.2. The van der Waals surface area contributed by atoms with Gasteiger partial charge in [0.1, 0.15) is 11.6 Å². The van der Waals surface area contributed by atoms with Crippen LogP contribution in [0, 0.1) is 5.82 Å². The lowest BCUT2D eigenvalue weighted by molar-refractivity contribution is 0.0696. The molecule has 0 saturated heterocycles. The zero-order chi connectivity index (χ0) is 15.2. The summed E-state index contributed by atoms with van der Waals surface area (Å²) in [7, 11) is 0. The lowest BCUT2D eigenvalue weighted by Crippen LogP contribution is -2.01. The van der Waals surface area contributed by atoms with Crippen molar-refractivity contribution in [2.75, 3.05) is 12.4 Å². The number of thioether (sulfide) groups is 1. The minimum atomic E-state index is -1.07. The van der Waals surface area contributed by atoms with E-state index in [1.54, 1.807) is 0 Å². The number of carbonyl (C=O) groups is 1. The van der Waals surface area contributed by atoms with E-state index in [-0.39, 0.29) is 5.56 Å². The molecule has 0 spiro atoms. The van der Waals surface area contributed by atoms with Crippen molar-refractivity contribution in [3.63, 3.8) is 0 Å². The Morgan fingerprint density at radius 1 is 1.24 bits per heavy atom. The summed E-state index contributed by atoms with van der Waals surface area (Å²) in [5.41, 5.74) is 0.0766. The molecule has 0 aliphatic heterocycles. The predicted octanol–water partition coefficient (Wildman–Crippen LogP) is 4.46. The van der Waals surface area contributed by atoms with E-state index in [2.05, 4.69) is 15.9 Å². The largest absolute Gasteiger partial charge is 0.493 e. The van der Waals surface area contributed by atoms with Gasteiger partial charge in [-0.15, -0.1) is 11.8 Å². The fourth-order valence-electron chi connectivity index (χ4n) is 1.59. The van der Waals surface area contributed by atoms with E-state index in [0.29, 0.717) is 17.3 Å². The van der Waals surface area contributed by atoms with E-state index in [1.165, 1.54) is 30.0 Å². The SMILES string of the molecule is O=C(O)c1ccc(F)c(SCCOc2ccc(Br)cc2)c1. The standard InChI is InChI=1S/C15H12BrFO3S/c16-11-2-4-12(5-3-11)20-7-8-21-14-9-10(15(18)19)1-6-13(14)17/h1-6,9H,7-8H2,(H,18,19). The maximum atomic E-state index is 13.6. The highest BCUT2D eigenvalue weighted by molar-refractivity contribution is 9.10. The van der Waals surface area contributed by atoms with Crippen molar-refractivity contribution >= 4 is 33.7 Å². The van der Waals surface area contributed by atoms with Crippen LogP contribution in [0.4, 0.5) is 4.39 Å². The van der Waals surface area contributed by atoms with Gasteiger partial charge in [-0.2, -0.15) is 0 Å². The first-order valence-corrected chi connectivity index (χ1v) is 7.88. The minimum absolute atomic E-state index is 0.0766. The number of halogens is 2. The number of rotatable bonds is 6. The zero-order valence-corrected chi connectivity index (χ0v) is 13.3. The molecule has 0 aliphatic rings. The number of aromatic carboxylic acids is 1. The Hall–Kier alpha value is -1.53. The first kappa shape index (κ1) is 15.9. The summed E-state index contributed by atoms with van der Waals surface area (Å²) < 4.78 is 20.1. The highest BCUT2D eigenvalue weighted by Gasteiger charge is 2.08. The Bertz CT molecular complexity index is 631. The van der Waals surface area contributed by atoms with Crippen LogP contribution in [0.15, 0.2) is 51.8 Å². The van der Waals surface area contributed by atoms with Crippen molar-refractivity contribution in [1.29, 1.82) is 0 Å². The van der Waals surface area contributed by atoms with Gasteiger partial charge in [-0.25, -0.2) is 9.18 Å². The second kappa shape index (κ2) is 7.47. The first-order valence-electron chi connectivity index (χ1n) is 6.10. The van der Waals surface area contributed by atoms with E-state index >= 15 is 0 Å². The number of carboxylic acid groups (broad SMARTS) is 1. The third-order valence-electron chi connectivity index (χ3n) is 2.60. The van der Waals surface area contributed by atoms with Crippen LogP contribution in [0.2, 0.25) is 0 Å². The van der Waals surface area contributed by atoms with Gasteiger partial charge in [0.05, 0.1) is 12.2 Å². The molecule has 21 heavy (non-hydrogen) atoms. The van der Waals surface area contributed by atoms with Crippen LogP contribution in [-0.4, -0.2) is 23.4 Å². The van der Waals surface area contributed by atoms with Crippen molar-refractivity contribution in [3.05, 3.63) is 58.3 Å². The first-order chi connectivity index (χ1) is 10.1. The number of ether oxygens (including phenoxy) is 1. The Balaban J connectivity index is 1.87. The summed E-state index contributed by atoms with van der Waals surface area (Å²) in [5, 5.41) is 8.88. The molecule has 6 heteroatoms. The molecular weight excluding hydrogens is 359 g/mol. The van der Waals surface area contributed by atoms with Gasteiger partial charge in [-0.05, 0) is 42.5 Å². The van der Waals surface area contributed by atoms with Crippen molar-refractivity contribution in [1.82, 2.24) is 0 Å². The Labute approximate surface area is 134 Å². The maximum absolute atomic E-state index is 13.6. The van der Waals surface area contributed by atoms with E-state index in [0.717, 1.165) is 10.2 Å². The van der Waals surface area contributed by atoms with Crippen molar-refractivity contribution in [3.8, 4) is 5.75 Å². The molecule has 2 aromatic rings. The monoisotopic (exact) mass is 370 g/mol. The van der Waals surface area contributed by atoms with E-state index in [9.17, 15) is 9.18 Å². The van der Waals surface area contributed by atoms with Gasteiger partial charge in [0.25, 0.3) is 0 Å². The summed E-state index contributed by atoms with van der Waals surface area (Å²) >= 11 is 4.56. The number of benzene rings is 2. The zero-order valence-electron chi connectivity index (χ0n) is 10.9. The molecule has 2 rings (SSSR count). The molecule has 0 amide bonds. The van der Waals surface area contributed by atoms with Gasteiger partial charge in [-0.1, -0.05) is 15.9 Å². The van der Waals surface area contributed by atoms with Crippen LogP contribution >= 0.6 is 27.7 Å². The molecule has 0 bridgehead atoms. The predicted molar refractivity (Wildman–Crippen MR) is 83.7 cm³/mol. The van der Waals surface area contributed by atoms with E-state index in [1.807, 2.05) is 24.3 Å². The molecule has 0 unspecified atom stereocenters. The van der Waals surface area contributed by atoms with Crippen molar-refractivity contribution in [2.45, 2.75) is 4.90 Å². The van der Waals surface area contributed by atoms with E-state index < -0.39 is 11.8 Å². The minimum Gasteiger partial charge on any atom is -0.493 e. The molecule has 1 N–H and O–H groups in total. The fourth-order valence-corrected chi connectivity index (χ4v) is 2.66. The van der Waals surface area contributed by atoms with Gasteiger partial charge in [0, 0.05) is 15.1 Å². The fraction of sp³-hybridized carbons (Fsp3) is 0.133. The molecule has 3 nitrogen and oxygen atoms in total. The summed E-state index contributed by atoms with van der Waals surface area (Å²) in [5.74, 6) is -0.231. The van der Waals surface area contributed by atoms with Gasteiger partial charge in [-0.3, -0.25) is 0 Å². The Morgan fingerprint density at radius 3 is 2.62 bits per heavy atom. The summed E-state index contributed by atoms with van der Waals surface area (Å²) in [4.78, 5) is 11.2. The highest BCUT2D eigenvalue weighted by Crippen LogP contribution is 2.23. The Kier molecular flexibility index (Phi) is 5.64. The number of hydrogen-bond acceptors (Lipinski definition) is 3. The molecule has 110 valence electrons. The lowest BCUT2D eigenvalue weighted by Gasteiger charge is -2.07. The summed E-state index contributed by atoms with van der Waals surface area (Å²) in [6.45, 7) is 0.406. The maximum Gasteiger partial charge on any atom is 0.335 e. The summed E-state index contributed by atoms with van der Waals surface area (Å²) in [6, 6.07) is 11.2. The molecule has 0 aromatic heterocycles. The van der Waals surface area contributed by atoms with Gasteiger partial charge in [0.2, 0.25) is 0 Å². The molecular formula is C15H12BrFO3S. The third kappa shape index (κ3) is 4.75. The quantitative estimate of drug-likeness (QED) is 0.602. The normalized spacial score (nSPS) is 10.4. The van der Waals surface area contributed by atoms with Crippen LogP contribution in [0.5, 0.6) is 5.75 Å². The number of hydrogen-bond donors (Lipinski definition) is 1. The van der Waals surface area contributed by atoms with Crippen LogP contribution in [-0.2, 0) is 0 Å². The summed E-state index contributed by atoms with van der Waals surface area (Å²) in [6.07, 6.45) is 0. The second-order valence-corrected chi connectivity index (χ2v) is 6.15. The Morgan fingerprint density at radius 2 is 1.95 bits per heavy atom. The number of carboxylic acids is 1. The van der Waals surface area contributed by atoms with Gasteiger partial charge in [0.15, 0.2) is 0 Å². The second-order valence-electron chi connectivity index (χ2n) is 4.10. The van der Waals surface area contributed by atoms with Crippen LogP contribution in [0.3, 0.4) is 0 Å². The van der Waals surface area contributed by atoms with Crippen LogP contribution < -0.4 is 4.74 Å². The van der Waals surface area contributed by atoms with Crippen molar-refractivity contribution < 1.29 is 19.0 Å². The molecule has 0 radical (unpaired) electrons. The molecule has 0 fully saturated rings. The molecule has 0 aliphatic carbocycles.